The molecule has 0 aromatic heterocycles. The van der Waals surface area contributed by atoms with E-state index < -0.39 is 10.0 Å². The van der Waals surface area contributed by atoms with Crippen LogP contribution in [-0.2, 0) is 21.4 Å². The number of sulfonamides is 1. The number of nitrogens with zero attached hydrogens (tertiary/aromatic N) is 3. The summed E-state index contributed by atoms with van der Waals surface area (Å²) in [5.74, 6) is 1.63. The number of piperazine rings is 1. The van der Waals surface area contributed by atoms with Crippen molar-refractivity contribution in [2.45, 2.75) is 31.2 Å². The van der Waals surface area contributed by atoms with E-state index >= 15 is 0 Å². The highest BCUT2D eigenvalue weighted by Crippen LogP contribution is 2.33. The lowest BCUT2D eigenvalue weighted by atomic mass is 10.0. The number of ether oxygens (including phenoxy) is 2. The van der Waals surface area contributed by atoms with Gasteiger partial charge in [-0.25, -0.2) is 8.42 Å². The van der Waals surface area contributed by atoms with Gasteiger partial charge in [0.25, 0.3) is 10.0 Å². The van der Waals surface area contributed by atoms with Crippen molar-refractivity contribution < 1.29 is 22.7 Å². The Morgan fingerprint density at radius 3 is 2.26 bits per heavy atom. The topological polar surface area (TPSA) is 79.4 Å². The molecule has 0 spiro atoms. The van der Waals surface area contributed by atoms with Crippen molar-refractivity contribution in [3.8, 4) is 11.5 Å². The minimum absolute atomic E-state index is 0.161. The van der Waals surface area contributed by atoms with E-state index in [0.717, 1.165) is 29.2 Å². The highest BCUT2D eigenvalue weighted by molar-refractivity contribution is 7.92. The third-order valence-corrected chi connectivity index (χ3v) is 8.81. The molecule has 9 heteroatoms. The van der Waals surface area contributed by atoms with E-state index in [2.05, 4.69) is 18.7 Å². The molecule has 1 fully saturated rings. The molecule has 0 radical (unpaired) electrons. The van der Waals surface area contributed by atoms with Crippen molar-refractivity contribution in [1.82, 2.24) is 9.80 Å². The maximum atomic E-state index is 13.6. The fourth-order valence-corrected chi connectivity index (χ4v) is 6.17. The summed E-state index contributed by atoms with van der Waals surface area (Å²) in [6.07, 6.45) is 0. The summed E-state index contributed by atoms with van der Waals surface area (Å²) < 4.78 is 39.4. The van der Waals surface area contributed by atoms with Gasteiger partial charge in [0.05, 0.1) is 10.6 Å². The molecule has 3 aromatic rings. The van der Waals surface area contributed by atoms with Crippen molar-refractivity contribution in [2.75, 3.05) is 43.8 Å². The fourth-order valence-electron chi connectivity index (χ4n) is 4.74. The highest BCUT2D eigenvalue weighted by Gasteiger charge is 2.30. The number of hydrogen-bond donors (Lipinski definition) is 0. The van der Waals surface area contributed by atoms with Crippen LogP contribution in [0.5, 0.6) is 11.5 Å². The summed E-state index contributed by atoms with van der Waals surface area (Å²) in [4.78, 5) is 17.6. The molecule has 0 N–H and O–H groups in total. The van der Waals surface area contributed by atoms with Crippen molar-refractivity contribution >= 4 is 21.6 Å². The van der Waals surface area contributed by atoms with Crippen molar-refractivity contribution in [3.63, 3.8) is 0 Å². The van der Waals surface area contributed by atoms with Gasteiger partial charge in [-0.05, 0) is 53.4 Å². The van der Waals surface area contributed by atoms with Crippen LogP contribution in [0.15, 0.2) is 77.7 Å². The number of benzene rings is 3. The van der Waals surface area contributed by atoms with E-state index in [9.17, 15) is 13.2 Å². The van der Waals surface area contributed by atoms with Gasteiger partial charge in [-0.1, -0.05) is 50.2 Å². The van der Waals surface area contributed by atoms with Crippen LogP contribution in [0, 0.1) is 0 Å². The Morgan fingerprint density at radius 2 is 1.58 bits per heavy atom. The molecular formula is C29H33N3O5S. The van der Waals surface area contributed by atoms with Crippen molar-refractivity contribution in [2.24, 2.45) is 0 Å². The van der Waals surface area contributed by atoms with Gasteiger partial charge in [0.15, 0.2) is 11.5 Å². The number of amides is 1. The van der Waals surface area contributed by atoms with Gasteiger partial charge in [-0.3, -0.25) is 14.0 Å². The quantitative estimate of drug-likeness (QED) is 0.433. The summed E-state index contributed by atoms with van der Waals surface area (Å²) in [6.45, 7) is 7.40. The highest BCUT2D eigenvalue weighted by atomic mass is 32.2. The molecule has 0 atom stereocenters. The number of rotatable bonds is 8. The minimum Gasteiger partial charge on any atom is -0.454 e. The molecule has 0 unspecified atom stereocenters. The Bertz CT molecular complexity index is 1370. The monoisotopic (exact) mass is 535 g/mol. The van der Waals surface area contributed by atoms with E-state index in [-0.39, 0.29) is 24.1 Å². The van der Waals surface area contributed by atoms with Gasteiger partial charge in [0, 0.05) is 32.7 Å². The van der Waals surface area contributed by atoms with Gasteiger partial charge in [0.2, 0.25) is 12.7 Å². The third-order valence-electron chi connectivity index (χ3n) is 7.03. The Kier molecular flexibility index (Phi) is 7.58. The van der Waals surface area contributed by atoms with Gasteiger partial charge in [0.1, 0.15) is 6.54 Å². The normalized spacial score (nSPS) is 15.6. The molecule has 2 aliphatic heterocycles. The summed E-state index contributed by atoms with van der Waals surface area (Å²) in [6, 6.07) is 21.6. The predicted octanol–water partition coefficient (Wildman–Crippen LogP) is 4.08. The van der Waals surface area contributed by atoms with E-state index in [1.807, 2.05) is 30.3 Å². The molecule has 2 heterocycles. The number of carbonyl (C=O) groups excluding carboxylic acids is 1. The first-order chi connectivity index (χ1) is 18.3. The standard InChI is InChI=1S/C29H33N3O5S/c1-22(2)24-9-11-25(12-10-24)32(38(34,35)26-6-4-3-5-7-26)20-29(33)31-16-14-30(15-17-31)19-23-8-13-27-28(18-23)37-21-36-27/h3-13,18,22H,14-17,19-21H2,1-2H3. The number of carbonyl (C=O) groups is 1. The van der Waals surface area contributed by atoms with Crippen LogP contribution < -0.4 is 13.8 Å². The van der Waals surface area contributed by atoms with E-state index in [1.54, 1.807) is 47.4 Å². The van der Waals surface area contributed by atoms with Gasteiger partial charge < -0.3 is 14.4 Å². The number of anilines is 1. The third kappa shape index (κ3) is 5.63. The fraction of sp³-hybridized carbons (Fsp3) is 0.345. The molecule has 8 nitrogen and oxygen atoms in total. The Morgan fingerprint density at radius 1 is 0.895 bits per heavy atom. The van der Waals surface area contributed by atoms with E-state index in [1.165, 1.54) is 4.31 Å². The van der Waals surface area contributed by atoms with Crippen LogP contribution in [0.1, 0.15) is 30.9 Å². The Hall–Kier alpha value is -3.56. The molecular weight excluding hydrogens is 502 g/mol. The van der Waals surface area contributed by atoms with Crippen LogP contribution in [-0.4, -0.2) is 63.6 Å². The Balaban J connectivity index is 1.27. The zero-order valence-corrected chi connectivity index (χ0v) is 22.6. The lowest BCUT2D eigenvalue weighted by molar-refractivity contribution is -0.131. The van der Waals surface area contributed by atoms with E-state index in [0.29, 0.717) is 37.8 Å². The molecule has 1 saturated heterocycles. The maximum absolute atomic E-state index is 13.6. The summed E-state index contributed by atoms with van der Waals surface area (Å²) in [5.41, 5.74) is 2.71. The molecule has 200 valence electrons. The molecule has 0 saturated carbocycles. The molecule has 5 rings (SSSR count). The van der Waals surface area contributed by atoms with Crippen molar-refractivity contribution in [3.05, 3.63) is 83.9 Å². The molecule has 3 aromatic carbocycles. The largest absolute Gasteiger partial charge is 0.454 e. The van der Waals surface area contributed by atoms with Gasteiger partial charge in [-0.15, -0.1) is 0 Å². The van der Waals surface area contributed by atoms with Crippen molar-refractivity contribution in [1.29, 1.82) is 0 Å². The van der Waals surface area contributed by atoms with Gasteiger partial charge >= 0.3 is 0 Å². The lowest BCUT2D eigenvalue weighted by Gasteiger charge is -2.36. The van der Waals surface area contributed by atoms with Crippen LogP contribution in [0.4, 0.5) is 5.69 Å². The lowest BCUT2D eigenvalue weighted by Crippen LogP contribution is -2.51. The second kappa shape index (κ2) is 11.0. The second-order valence-corrected chi connectivity index (χ2v) is 11.8. The average molecular weight is 536 g/mol. The number of hydrogen-bond acceptors (Lipinski definition) is 6. The van der Waals surface area contributed by atoms with Crippen LogP contribution >= 0.6 is 0 Å². The van der Waals surface area contributed by atoms with Gasteiger partial charge in [-0.2, -0.15) is 0 Å². The number of fused-ring (bicyclic) bond motifs is 1. The molecule has 0 aliphatic carbocycles. The molecule has 1 amide bonds. The first-order valence-corrected chi connectivity index (χ1v) is 14.3. The minimum atomic E-state index is -3.92. The predicted molar refractivity (Wildman–Crippen MR) is 146 cm³/mol. The molecule has 2 aliphatic rings. The Labute approximate surface area is 224 Å². The SMILES string of the molecule is CC(C)c1ccc(N(CC(=O)N2CCN(Cc3ccc4c(c3)OCO4)CC2)S(=O)(=O)c2ccccc2)cc1. The van der Waals surface area contributed by atoms with Crippen LogP contribution in [0.3, 0.4) is 0 Å². The summed E-state index contributed by atoms with van der Waals surface area (Å²) >= 11 is 0. The van der Waals surface area contributed by atoms with Crippen LogP contribution in [0.2, 0.25) is 0 Å². The van der Waals surface area contributed by atoms with Crippen LogP contribution in [0.25, 0.3) is 0 Å². The summed E-state index contributed by atoms with van der Waals surface area (Å²) in [7, 11) is -3.92. The molecule has 0 bridgehead atoms. The first-order valence-electron chi connectivity index (χ1n) is 12.9. The second-order valence-electron chi connectivity index (χ2n) is 9.92. The molecule has 38 heavy (non-hydrogen) atoms. The smallest absolute Gasteiger partial charge is 0.264 e. The first kappa shape index (κ1) is 26.1. The van der Waals surface area contributed by atoms with E-state index in [4.69, 9.17) is 9.47 Å². The average Bonchev–Trinajstić information content (AvgIpc) is 3.40. The zero-order valence-electron chi connectivity index (χ0n) is 21.7. The summed E-state index contributed by atoms with van der Waals surface area (Å²) in [5, 5.41) is 0. The zero-order chi connectivity index (χ0) is 26.7. The maximum Gasteiger partial charge on any atom is 0.264 e.